The minimum atomic E-state index is -0.693. The number of benzene rings is 8. The number of furan rings is 2. The second kappa shape index (κ2) is 13.0. The molecule has 0 atom stereocenters. The Morgan fingerprint density at radius 1 is 0.339 bits per heavy atom. The standard InChI is InChI=1S/C51H31N3O2/c1-3-12-32(13-4-1)34-24-26-35(27-25-34)49-52-50(37-17-9-16-36(30-37)33-14-5-2-6-15-33)54-51(53-49)38-28-29-40-42-20-11-22-44(48(42)56-46(40)31-38)43-21-10-19-41-39-18-7-8-23-45(39)55-47(41)43/h1-31H/i1D,5D,6D,8D,9D,10D,11D,14D,15D,17D,18D,19D,22D,23D,24D,25D,26D,27D,28D,30D,31D. The smallest absolute Gasteiger partial charge is 0.164 e. The second-order valence-electron chi connectivity index (χ2n) is 12.3. The number of para-hydroxylation sites is 3. The van der Waals surface area contributed by atoms with Crippen LogP contribution in [0.15, 0.2) is 196 Å². The van der Waals surface area contributed by atoms with E-state index in [0.717, 1.165) is 18.2 Å². The van der Waals surface area contributed by atoms with Crippen molar-refractivity contribution in [3.8, 4) is 67.5 Å². The monoisotopic (exact) mass is 738 g/mol. The van der Waals surface area contributed by atoms with Crippen molar-refractivity contribution in [1.82, 2.24) is 15.0 Å². The summed E-state index contributed by atoms with van der Waals surface area (Å²) in [6, 6.07) is 2.28. The molecule has 11 aromatic rings. The summed E-state index contributed by atoms with van der Waals surface area (Å²) >= 11 is 0. The predicted octanol–water partition coefficient (Wildman–Crippen LogP) is 13.7. The number of hydrogen-bond donors (Lipinski definition) is 0. The van der Waals surface area contributed by atoms with E-state index in [0.29, 0.717) is 0 Å². The Kier molecular flexibility index (Phi) is 4.01. The number of hydrogen-bond acceptors (Lipinski definition) is 5. The highest BCUT2D eigenvalue weighted by Gasteiger charge is 2.19. The minimum absolute atomic E-state index is 0.0284. The fraction of sp³-hybridized carbons (Fsp3) is 0. The van der Waals surface area contributed by atoms with Gasteiger partial charge in [-0.05, 0) is 46.4 Å². The third-order valence-corrected chi connectivity index (χ3v) is 8.95. The molecule has 0 unspecified atom stereocenters. The zero-order chi connectivity index (χ0) is 55.3. The Hall–Kier alpha value is -7.63. The van der Waals surface area contributed by atoms with Gasteiger partial charge in [-0.3, -0.25) is 0 Å². The Balaban J connectivity index is 1.21. The molecule has 0 fully saturated rings. The quantitative estimate of drug-likeness (QED) is 0.170. The zero-order valence-corrected chi connectivity index (χ0v) is 28.4. The SMILES string of the molecule is [2H]c1ccc(-c2c([2H])c([2H])c(-c3nc(-c4c([2H])c([2H])cc(-c5c([2H])c([2H])cc([2H])c5[2H])c4[2H])nc(-c4c([2H])cc5c(oc6c(-c7cc([2H])c([2H])c8c7oc7c([2H])c([2H])cc([2H])c78)c([2H])c([2H])cc65)c4[2H])n3)c([2H])c2[2H])cc1. The molecule has 3 heterocycles. The lowest BCUT2D eigenvalue weighted by Gasteiger charge is -2.10. The van der Waals surface area contributed by atoms with Gasteiger partial charge >= 0.3 is 0 Å². The van der Waals surface area contributed by atoms with Gasteiger partial charge in [0, 0.05) is 49.4 Å². The molecule has 0 aliphatic rings. The van der Waals surface area contributed by atoms with Gasteiger partial charge in [-0.2, -0.15) is 0 Å². The molecule has 0 saturated carbocycles. The van der Waals surface area contributed by atoms with Crippen molar-refractivity contribution in [1.29, 1.82) is 0 Å². The van der Waals surface area contributed by atoms with Crippen LogP contribution in [0.5, 0.6) is 0 Å². The van der Waals surface area contributed by atoms with Crippen molar-refractivity contribution in [2.24, 2.45) is 0 Å². The van der Waals surface area contributed by atoms with Crippen LogP contribution in [0.25, 0.3) is 111 Å². The molecule has 0 bridgehead atoms. The third-order valence-electron chi connectivity index (χ3n) is 8.95. The molecule has 5 nitrogen and oxygen atoms in total. The van der Waals surface area contributed by atoms with Crippen LogP contribution >= 0.6 is 0 Å². The van der Waals surface area contributed by atoms with Gasteiger partial charge in [0.15, 0.2) is 17.5 Å². The van der Waals surface area contributed by atoms with E-state index in [1.807, 2.05) is 0 Å². The Bertz CT molecular complexity index is 4430. The number of rotatable bonds is 6. The molecule has 0 aliphatic heterocycles. The van der Waals surface area contributed by atoms with Crippen LogP contribution in [0.3, 0.4) is 0 Å². The fourth-order valence-electron chi connectivity index (χ4n) is 6.35. The summed E-state index contributed by atoms with van der Waals surface area (Å²) in [5.74, 6) is -1.85. The lowest BCUT2D eigenvalue weighted by molar-refractivity contribution is 0.665. The van der Waals surface area contributed by atoms with Crippen LogP contribution in [0.1, 0.15) is 28.8 Å². The average molecular weight is 739 g/mol. The van der Waals surface area contributed by atoms with Gasteiger partial charge in [0.2, 0.25) is 0 Å². The molecule has 5 heteroatoms. The first-order chi connectivity index (χ1) is 36.4. The third kappa shape index (κ3) is 5.45. The first kappa shape index (κ1) is 17.2. The van der Waals surface area contributed by atoms with E-state index < -0.39 is 136 Å². The molecule has 0 amide bonds. The molecule has 11 rings (SSSR count). The van der Waals surface area contributed by atoms with Crippen LogP contribution in [-0.4, -0.2) is 15.0 Å². The van der Waals surface area contributed by atoms with E-state index in [-0.39, 0.29) is 102 Å². The molecular formula is C51H31N3O2. The summed E-state index contributed by atoms with van der Waals surface area (Å²) in [6.45, 7) is 0. The van der Waals surface area contributed by atoms with Crippen LogP contribution in [0.4, 0.5) is 0 Å². The fourth-order valence-corrected chi connectivity index (χ4v) is 6.35. The van der Waals surface area contributed by atoms with Crippen LogP contribution in [-0.2, 0) is 0 Å². The van der Waals surface area contributed by atoms with Gasteiger partial charge in [0.05, 0.1) is 28.8 Å². The topological polar surface area (TPSA) is 65.0 Å². The van der Waals surface area contributed by atoms with Gasteiger partial charge in [-0.25, -0.2) is 15.0 Å². The van der Waals surface area contributed by atoms with E-state index >= 15 is 0 Å². The summed E-state index contributed by atoms with van der Waals surface area (Å²) in [7, 11) is 0. The van der Waals surface area contributed by atoms with E-state index in [2.05, 4.69) is 15.0 Å². The normalized spacial score (nSPS) is 16.8. The van der Waals surface area contributed by atoms with Crippen LogP contribution in [0.2, 0.25) is 0 Å². The second-order valence-corrected chi connectivity index (χ2v) is 12.3. The average Bonchev–Trinajstić information content (AvgIpc) is 4.18. The largest absolute Gasteiger partial charge is 0.455 e. The van der Waals surface area contributed by atoms with E-state index in [1.54, 1.807) is 0 Å². The Morgan fingerprint density at radius 2 is 1.00 bits per heavy atom. The van der Waals surface area contributed by atoms with Gasteiger partial charge in [-0.1, -0.05) is 163 Å². The summed E-state index contributed by atoms with van der Waals surface area (Å²) in [4.78, 5) is 13.6. The van der Waals surface area contributed by atoms with Gasteiger partial charge in [0.1, 0.15) is 22.3 Å². The van der Waals surface area contributed by atoms with E-state index in [1.165, 1.54) is 42.5 Å². The maximum absolute atomic E-state index is 9.69. The first-order valence-corrected chi connectivity index (χ1v) is 16.9. The summed E-state index contributed by atoms with van der Waals surface area (Å²) in [5, 5.41) is 0.0486. The highest BCUT2D eigenvalue weighted by molar-refractivity contribution is 6.15. The minimum Gasteiger partial charge on any atom is -0.455 e. The van der Waals surface area contributed by atoms with Crippen molar-refractivity contribution in [2.75, 3.05) is 0 Å². The summed E-state index contributed by atoms with van der Waals surface area (Å²) < 4.78 is 199. The summed E-state index contributed by atoms with van der Waals surface area (Å²) in [5.41, 5.74) is -3.22. The molecule has 0 aliphatic carbocycles. The zero-order valence-electron chi connectivity index (χ0n) is 49.4. The molecule has 0 radical (unpaired) electrons. The van der Waals surface area contributed by atoms with Crippen molar-refractivity contribution in [3.63, 3.8) is 0 Å². The predicted molar refractivity (Wildman–Crippen MR) is 227 cm³/mol. The number of nitrogens with zero attached hydrogens (tertiary/aromatic N) is 3. The van der Waals surface area contributed by atoms with Crippen molar-refractivity contribution in [3.05, 3.63) is 188 Å². The lowest BCUT2D eigenvalue weighted by Crippen LogP contribution is -2.00. The molecule has 0 spiro atoms. The number of fused-ring (bicyclic) bond motifs is 6. The first-order valence-electron chi connectivity index (χ1n) is 27.4. The molecule has 56 heavy (non-hydrogen) atoms. The van der Waals surface area contributed by atoms with E-state index in [4.69, 9.17) is 30.8 Å². The molecule has 0 saturated heterocycles. The maximum Gasteiger partial charge on any atom is 0.164 e. The molecule has 0 N–H and O–H groups in total. The van der Waals surface area contributed by atoms with E-state index in [9.17, 15) is 6.85 Å². The molecule has 8 aromatic carbocycles. The van der Waals surface area contributed by atoms with Crippen LogP contribution in [0, 0.1) is 0 Å². The Labute approximate surface area is 351 Å². The van der Waals surface area contributed by atoms with Gasteiger partial charge < -0.3 is 8.83 Å². The maximum atomic E-state index is 9.69. The molecular weight excluding hydrogens is 687 g/mol. The van der Waals surface area contributed by atoms with Crippen molar-refractivity contribution in [2.45, 2.75) is 0 Å². The Morgan fingerprint density at radius 3 is 1.84 bits per heavy atom. The summed E-state index contributed by atoms with van der Waals surface area (Å²) in [6.07, 6.45) is 0. The van der Waals surface area contributed by atoms with Crippen molar-refractivity contribution >= 4 is 43.9 Å². The highest BCUT2D eigenvalue weighted by Crippen LogP contribution is 2.42. The van der Waals surface area contributed by atoms with Gasteiger partial charge in [0.25, 0.3) is 0 Å². The molecule has 3 aromatic heterocycles. The number of aromatic nitrogens is 3. The lowest BCUT2D eigenvalue weighted by atomic mass is 10.00. The van der Waals surface area contributed by atoms with Crippen molar-refractivity contribution < 1.29 is 37.6 Å². The van der Waals surface area contributed by atoms with Gasteiger partial charge in [-0.15, -0.1) is 0 Å². The van der Waals surface area contributed by atoms with Crippen LogP contribution < -0.4 is 0 Å². The molecule has 262 valence electrons. The highest BCUT2D eigenvalue weighted by atomic mass is 16.3.